The van der Waals surface area contributed by atoms with Crippen LogP contribution in [0.2, 0.25) is 0 Å². The molecule has 0 spiro atoms. The maximum Gasteiger partial charge on any atom is 0.261 e. The monoisotopic (exact) mass is 520 g/mol. The summed E-state index contributed by atoms with van der Waals surface area (Å²) in [5, 5.41) is 2.49. The highest BCUT2D eigenvalue weighted by Crippen LogP contribution is 2.28. The number of hydrogen-bond acceptors (Lipinski definition) is 6. The van der Waals surface area contributed by atoms with Gasteiger partial charge < -0.3 is 4.74 Å². The van der Waals surface area contributed by atoms with E-state index in [0.29, 0.717) is 54.4 Å². The van der Waals surface area contributed by atoms with Gasteiger partial charge in [0, 0.05) is 32.8 Å². The van der Waals surface area contributed by atoms with E-state index < -0.39 is 10.0 Å². The molecule has 5 rings (SSSR count). The Kier molecular flexibility index (Phi) is 7.13. The van der Waals surface area contributed by atoms with E-state index in [4.69, 9.17) is 9.72 Å². The van der Waals surface area contributed by atoms with Gasteiger partial charge in [-0.1, -0.05) is 42.5 Å². The number of rotatable bonds is 7. The quantitative estimate of drug-likeness (QED) is 0.370. The Hall–Kier alpha value is -3.11. The first kappa shape index (κ1) is 25.5. The average Bonchev–Trinajstić information content (AvgIpc) is 2.91. The maximum atomic E-state index is 13.6. The molecule has 0 N–H and O–H groups in total. The zero-order chi connectivity index (χ0) is 26.2. The minimum atomic E-state index is -3.65. The van der Waals surface area contributed by atoms with Crippen LogP contribution >= 0.6 is 0 Å². The van der Waals surface area contributed by atoms with Gasteiger partial charge in [0.25, 0.3) is 5.56 Å². The van der Waals surface area contributed by atoms with Crippen LogP contribution in [0.4, 0.5) is 0 Å². The summed E-state index contributed by atoms with van der Waals surface area (Å²) in [4.78, 5) is 20.7. The summed E-state index contributed by atoms with van der Waals surface area (Å²) in [6.07, 6.45) is 0. The Balaban J connectivity index is 1.41. The number of benzene rings is 3. The lowest BCUT2D eigenvalue weighted by atomic mass is 10.1. The molecule has 1 fully saturated rings. The van der Waals surface area contributed by atoms with E-state index in [1.165, 1.54) is 0 Å². The number of nitrogens with zero attached hydrogens (tertiary/aromatic N) is 4. The van der Waals surface area contributed by atoms with Gasteiger partial charge in [-0.15, -0.1) is 0 Å². The molecule has 3 aromatic carbocycles. The largest absolute Gasteiger partial charge is 0.383 e. The number of piperazine rings is 1. The highest BCUT2D eigenvalue weighted by molar-refractivity contribution is 7.89. The molecule has 4 aromatic rings. The van der Waals surface area contributed by atoms with Crippen LogP contribution in [0.15, 0.2) is 76.4 Å². The normalized spacial score (nSPS) is 18.4. The second-order valence-electron chi connectivity index (χ2n) is 9.58. The molecule has 1 saturated heterocycles. The van der Waals surface area contributed by atoms with E-state index in [1.807, 2.05) is 62.4 Å². The lowest BCUT2D eigenvalue weighted by molar-refractivity contribution is 0.102. The van der Waals surface area contributed by atoms with Gasteiger partial charge in [0.1, 0.15) is 5.82 Å². The van der Waals surface area contributed by atoms with Crippen molar-refractivity contribution >= 4 is 31.7 Å². The van der Waals surface area contributed by atoms with Gasteiger partial charge in [-0.3, -0.25) is 14.3 Å². The van der Waals surface area contributed by atoms with Crippen molar-refractivity contribution in [2.75, 3.05) is 33.4 Å². The molecule has 2 heterocycles. The molecule has 0 saturated carbocycles. The van der Waals surface area contributed by atoms with Crippen LogP contribution in [0.5, 0.6) is 0 Å². The van der Waals surface area contributed by atoms with Crippen LogP contribution in [-0.4, -0.2) is 66.6 Å². The molecule has 0 amide bonds. The van der Waals surface area contributed by atoms with Crippen molar-refractivity contribution in [1.82, 2.24) is 18.8 Å². The Morgan fingerprint density at radius 2 is 1.76 bits per heavy atom. The smallest absolute Gasteiger partial charge is 0.261 e. The van der Waals surface area contributed by atoms with Gasteiger partial charge in [-0.25, -0.2) is 13.4 Å². The van der Waals surface area contributed by atoms with Crippen molar-refractivity contribution in [3.63, 3.8) is 0 Å². The van der Waals surface area contributed by atoms with Crippen molar-refractivity contribution in [3.8, 4) is 0 Å². The molecule has 9 heteroatoms. The highest BCUT2D eigenvalue weighted by atomic mass is 32.2. The van der Waals surface area contributed by atoms with Crippen LogP contribution in [0.1, 0.15) is 25.7 Å². The van der Waals surface area contributed by atoms with E-state index in [1.54, 1.807) is 34.2 Å². The van der Waals surface area contributed by atoms with Gasteiger partial charge in [-0.2, -0.15) is 4.31 Å². The molecule has 0 radical (unpaired) electrons. The fourth-order valence-electron chi connectivity index (χ4n) is 5.21. The van der Waals surface area contributed by atoms with E-state index in [0.717, 1.165) is 10.8 Å². The molecule has 2 unspecified atom stereocenters. The van der Waals surface area contributed by atoms with E-state index in [2.05, 4.69) is 4.90 Å². The fraction of sp³-hybridized carbons (Fsp3) is 0.357. The third kappa shape index (κ3) is 4.80. The van der Waals surface area contributed by atoms with Gasteiger partial charge in [-0.05, 0) is 48.9 Å². The Labute approximate surface area is 217 Å². The lowest BCUT2D eigenvalue weighted by Crippen LogP contribution is -2.54. The standard InChI is InChI=1S/C28H32N4O4S/c1-20-19-30(14-15-32(20)37(34,35)24-13-12-22-8-4-5-9-23(22)18-24)21(2)27-29-26-11-7-6-10-25(26)28(33)31(27)16-17-36-3/h4-13,18,20-21H,14-17,19H2,1-3H3. The minimum absolute atomic E-state index is 0.0879. The lowest BCUT2D eigenvalue weighted by Gasteiger charge is -2.41. The first-order valence-electron chi connectivity index (χ1n) is 12.5. The molecule has 0 bridgehead atoms. The molecule has 2 atom stereocenters. The van der Waals surface area contributed by atoms with Gasteiger partial charge in [0.05, 0.1) is 35.0 Å². The van der Waals surface area contributed by atoms with Gasteiger partial charge >= 0.3 is 0 Å². The summed E-state index contributed by atoms with van der Waals surface area (Å²) in [5.74, 6) is 0.666. The molecule has 1 aromatic heterocycles. The molecule has 0 aliphatic carbocycles. The van der Waals surface area contributed by atoms with Crippen molar-refractivity contribution in [2.45, 2.75) is 37.4 Å². The van der Waals surface area contributed by atoms with Gasteiger partial charge in [0.2, 0.25) is 10.0 Å². The number of para-hydroxylation sites is 1. The zero-order valence-electron chi connectivity index (χ0n) is 21.4. The number of sulfonamides is 1. The predicted octanol–water partition coefficient (Wildman–Crippen LogP) is 3.65. The number of aromatic nitrogens is 2. The maximum absolute atomic E-state index is 13.6. The first-order chi connectivity index (χ1) is 17.8. The number of hydrogen-bond donors (Lipinski definition) is 0. The Morgan fingerprint density at radius 1 is 1.03 bits per heavy atom. The summed E-state index contributed by atoms with van der Waals surface area (Å²) in [6, 6.07) is 20.0. The molecule has 194 valence electrons. The van der Waals surface area contributed by atoms with E-state index in [-0.39, 0.29) is 17.6 Å². The van der Waals surface area contributed by atoms with Crippen molar-refractivity contribution < 1.29 is 13.2 Å². The molecule has 1 aliphatic heterocycles. The second-order valence-corrected chi connectivity index (χ2v) is 11.5. The zero-order valence-corrected chi connectivity index (χ0v) is 22.2. The predicted molar refractivity (Wildman–Crippen MR) is 145 cm³/mol. The van der Waals surface area contributed by atoms with Crippen LogP contribution in [0.25, 0.3) is 21.7 Å². The van der Waals surface area contributed by atoms with Crippen LogP contribution in [0, 0.1) is 0 Å². The third-order valence-electron chi connectivity index (χ3n) is 7.26. The van der Waals surface area contributed by atoms with Gasteiger partial charge in [0.15, 0.2) is 0 Å². The molecule has 8 nitrogen and oxygen atoms in total. The summed E-state index contributed by atoms with van der Waals surface area (Å²) >= 11 is 0. The first-order valence-corrected chi connectivity index (χ1v) is 14.0. The van der Waals surface area contributed by atoms with Crippen LogP contribution < -0.4 is 5.56 Å². The Bertz CT molecular complexity index is 1600. The summed E-state index contributed by atoms with van der Waals surface area (Å²) < 4.78 is 35.7. The van der Waals surface area contributed by atoms with Crippen molar-refractivity contribution in [1.29, 1.82) is 0 Å². The average molecular weight is 521 g/mol. The van der Waals surface area contributed by atoms with E-state index >= 15 is 0 Å². The molecular formula is C28H32N4O4S. The second kappa shape index (κ2) is 10.3. The molecule has 37 heavy (non-hydrogen) atoms. The molecule has 1 aliphatic rings. The Morgan fingerprint density at radius 3 is 2.51 bits per heavy atom. The summed E-state index contributed by atoms with van der Waals surface area (Å²) in [7, 11) is -2.04. The number of methoxy groups -OCH3 is 1. The highest BCUT2D eigenvalue weighted by Gasteiger charge is 2.36. The summed E-state index contributed by atoms with van der Waals surface area (Å²) in [5.41, 5.74) is 0.573. The topological polar surface area (TPSA) is 84.7 Å². The number of ether oxygens (including phenoxy) is 1. The molecular weight excluding hydrogens is 488 g/mol. The SMILES string of the molecule is COCCn1c(C(C)N2CCN(S(=O)(=O)c3ccc4ccccc4c3)C(C)C2)nc2ccccc2c1=O. The third-order valence-corrected chi connectivity index (χ3v) is 9.27. The minimum Gasteiger partial charge on any atom is -0.383 e. The van der Waals surface area contributed by atoms with Crippen molar-refractivity contribution in [2.24, 2.45) is 0 Å². The number of fused-ring (bicyclic) bond motifs is 2. The van der Waals surface area contributed by atoms with Crippen LogP contribution in [0.3, 0.4) is 0 Å². The summed E-state index contributed by atoms with van der Waals surface area (Å²) in [6.45, 7) is 6.18. The van der Waals surface area contributed by atoms with Crippen molar-refractivity contribution in [3.05, 3.63) is 82.9 Å². The van der Waals surface area contributed by atoms with Crippen LogP contribution in [-0.2, 0) is 21.3 Å². The van der Waals surface area contributed by atoms with E-state index in [9.17, 15) is 13.2 Å². The fourth-order valence-corrected chi connectivity index (χ4v) is 6.86.